The third kappa shape index (κ3) is 4.26. The van der Waals surface area contributed by atoms with E-state index in [1.807, 2.05) is 0 Å². The van der Waals surface area contributed by atoms with Gasteiger partial charge in [-0.2, -0.15) is 0 Å². The number of amides is 1. The summed E-state index contributed by atoms with van der Waals surface area (Å²) in [7, 11) is 1.56. The number of carbonyl (C=O) groups excluding carboxylic acids is 1. The van der Waals surface area contributed by atoms with Crippen molar-refractivity contribution in [3.05, 3.63) is 34.6 Å². The van der Waals surface area contributed by atoms with Crippen LogP contribution in [-0.2, 0) is 4.74 Å². The molecule has 0 radical (unpaired) electrons. The number of methoxy groups -OCH3 is 1. The van der Waals surface area contributed by atoms with Gasteiger partial charge in [-0.15, -0.1) is 0 Å². The number of rotatable bonds is 5. The first kappa shape index (κ1) is 14.4. The van der Waals surface area contributed by atoms with Gasteiger partial charge in [0.1, 0.15) is 5.82 Å². The molecule has 1 N–H and O–H groups in total. The molecule has 6 heteroatoms. The number of nitrogens with one attached hydrogen (secondary N) is 1. The van der Waals surface area contributed by atoms with Crippen molar-refractivity contribution >= 4 is 33.4 Å². The van der Waals surface area contributed by atoms with Crippen LogP contribution in [0, 0.1) is 5.82 Å². The lowest BCUT2D eigenvalue weighted by Crippen LogP contribution is -2.32. The Bertz CT molecular complexity index is 383. The van der Waals surface area contributed by atoms with Crippen LogP contribution in [0.1, 0.15) is 10.4 Å². The summed E-state index contributed by atoms with van der Waals surface area (Å²) in [4.78, 5) is 11.7. The van der Waals surface area contributed by atoms with Crippen molar-refractivity contribution in [3.8, 4) is 0 Å². The van der Waals surface area contributed by atoms with Crippen LogP contribution in [0.5, 0.6) is 0 Å². The van der Waals surface area contributed by atoms with E-state index in [0.29, 0.717) is 13.2 Å². The fourth-order valence-corrected chi connectivity index (χ4v) is 1.92. The van der Waals surface area contributed by atoms with Gasteiger partial charge in [-0.05, 0) is 12.1 Å². The van der Waals surface area contributed by atoms with Crippen molar-refractivity contribution in [3.63, 3.8) is 0 Å². The summed E-state index contributed by atoms with van der Waals surface area (Å²) in [6.45, 7) is 0.780. The molecule has 1 unspecified atom stereocenters. The first-order chi connectivity index (χ1) is 8.06. The summed E-state index contributed by atoms with van der Waals surface area (Å²) in [5.41, 5.74) is -0.133. The molecular formula is C11H12BrClFNO2. The van der Waals surface area contributed by atoms with Gasteiger partial charge in [0, 0.05) is 13.7 Å². The van der Waals surface area contributed by atoms with E-state index in [9.17, 15) is 9.18 Å². The lowest BCUT2D eigenvalue weighted by Gasteiger charge is -2.11. The Hall–Kier alpha value is -0.650. The maximum atomic E-state index is 13.4. The standard InChI is InChI=1S/C11H12BrClFNO2/c1-17-6-7(12)5-15-11(16)10-8(13)3-2-4-9(10)14/h2-4,7H,5-6H2,1H3,(H,15,16). The molecule has 0 saturated carbocycles. The number of hydrogen-bond acceptors (Lipinski definition) is 2. The summed E-state index contributed by atoms with van der Waals surface area (Å²) in [6.07, 6.45) is 0. The quantitative estimate of drug-likeness (QED) is 0.846. The van der Waals surface area contributed by atoms with Gasteiger partial charge in [0.2, 0.25) is 0 Å². The average Bonchev–Trinajstić information content (AvgIpc) is 2.26. The predicted octanol–water partition coefficient (Wildman–Crippen LogP) is 2.62. The zero-order chi connectivity index (χ0) is 12.8. The maximum absolute atomic E-state index is 13.4. The van der Waals surface area contributed by atoms with Crippen molar-refractivity contribution in [1.82, 2.24) is 5.32 Å². The summed E-state index contributed by atoms with van der Waals surface area (Å²) < 4.78 is 18.3. The topological polar surface area (TPSA) is 38.3 Å². The molecule has 0 spiro atoms. The van der Waals surface area contributed by atoms with Crippen molar-refractivity contribution in [2.24, 2.45) is 0 Å². The van der Waals surface area contributed by atoms with Gasteiger partial charge < -0.3 is 10.1 Å². The zero-order valence-corrected chi connectivity index (χ0v) is 11.5. The Morgan fingerprint density at radius 3 is 2.94 bits per heavy atom. The van der Waals surface area contributed by atoms with Gasteiger partial charge in [-0.25, -0.2) is 4.39 Å². The van der Waals surface area contributed by atoms with E-state index in [4.69, 9.17) is 16.3 Å². The Morgan fingerprint density at radius 2 is 2.35 bits per heavy atom. The molecule has 0 bridgehead atoms. The first-order valence-corrected chi connectivity index (χ1v) is 6.20. The van der Waals surface area contributed by atoms with Crippen LogP contribution in [0.3, 0.4) is 0 Å². The van der Waals surface area contributed by atoms with E-state index in [2.05, 4.69) is 21.2 Å². The number of alkyl halides is 1. The van der Waals surface area contributed by atoms with Crippen LogP contribution in [0.15, 0.2) is 18.2 Å². The molecule has 3 nitrogen and oxygen atoms in total. The van der Waals surface area contributed by atoms with E-state index in [1.165, 1.54) is 18.2 Å². The van der Waals surface area contributed by atoms with Crippen LogP contribution in [0.25, 0.3) is 0 Å². The molecule has 0 aromatic heterocycles. The van der Waals surface area contributed by atoms with Crippen molar-refractivity contribution in [1.29, 1.82) is 0 Å². The zero-order valence-electron chi connectivity index (χ0n) is 9.17. The highest BCUT2D eigenvalue weighted by molar-refractivity contribution is 9.09. The number of carbonyl (C=O) groups is 1. The molecular weight excluding hydrogens is 312 g/mol. The minimum absolute atomic E-state index is 0.0259. The van der Waals surface area contributed by atoms with E-state index >= 15 is 0 Å². The summed E-state index contributed by atoms with van der Waals surface area (Å²) >= 11 is 9.07. The summed E-state index contributed by atoms with van der Waals surface area (Å²) in [5.74, 6) is -1.17. The Morgan fingerprint density at radius 1 is 1.65 bits per heavy atom. The van der Waals surface area contributed by atoms with Crippen LogP contribution in [0.4, 0.5) is 4.39 Å². The molecule has 0 fully saturated rings. The molecule has 1 aromatic rings. The van der Waals surface area contributed by atoms with Crippen LogP contribution in [-0.4, -0.2) is 31.0 Å². The Labute approximate surface area is 112 Å². The van der Waals surface area contributed by atoms with E-state index < -0.39 is 11.7 Å². The number of ether oxygens (including phenoxy) is 1. The molecule has 0 aliphatic heterocycles. The van der Waals surface area contributed by atoms with Crippen LogP contribution in [0.2, 0.25) is 5.02 Å². The molecule has 1 aromatic carbocycles. The van der Waals surface area contributed by atoms with Crippen molar-refractivity contribution in [2.45, 2.75) is 4.83 Å². The Balaban J connectivity index is 2.64. The van der Waals surface area contributed by atoms with Crippen LogP contribution >= 0.6 is 27.5 Å². The number of benzene rings is 1. The molecule has 0 aliphatic carbocycles. The summed E-state index contributed by atoms with van der Waals surface area (Å²) in [6, 6.07) is 4.12. The molecule has 0 aliphatic rings. The SMILES string of the molecule is COCC(Br)CNC(=O)c1c(F)cccc1Cl. The van der Waals surface area contributed by atoms with Crippen LogP contribution < -0.4 is 5.32 Å². The lowest BCUT2D eigenvalue weighted by molar-refractivity contribution is 0.0946. The monoisotopic (exact) mass is 323 g/mol. The molecule has 0 saturated heterocycles. The third-order valence-corrected chi connectivity index (χ3v) is 2.92. The summed E-state index contributed by atoms with van der Waals surface area (Å²) in [5, 5.41) is 2.67. The molecule has 1 atom stereocenters. The highest BCUT2D eigenvalue weighted by Crippen LogP contribution is 2.18. The predicted molar refractivity (Wildman–Crippen MR) is 68.3 cm³/mol. The highest BCUT2D eigenvalue weighted by Gasteiger charge is 2.16. The van der Waals surface area contributed by atoms with Gasteiger partial charge in [-0.3, -0.25) is 4.79 Å². The molecule has 94 valence electrons. The van der Waals surface area contributed by atoms with E-state index in [0.717, 1.165) is 0 Å². The van der Waals surface area contributed by atoms with Gasteiger partial charge in [0.15, 0.2) is 0 Å². The Kier molecular flexibility index (Phi) is 5.88. The average molecular weight is 325 g/mol. The largest absolute Gasteiger partial charge is 0.383 e. The normalized spacial score (nSPS) is 12.2. The second-order valence-corrected chi connectivity index (χ2v) is 5.06. The van der Waals surface area contributed by atoms with Gasteiger partial charge in [0.25, 0.3) is 5.91 Å². The maximum Gasteiger partial charge on any atom is 0.255 e. The molecule has 17 heavy (non-hydrogen) atoms. The second kappa shape index (κ2) is 6.93. The van der Waals surface area contributed by atoms with Gasteiger partial charge in [0.05, 0.1) is 22.0 Å². The number of halogens is 3. The minimum atomic E-state index is -0.632. The minimum Gasteiger partial charge on any atom is -0.383 e. The molecule has 0 heterocycles. The van der Waals surface area contributed by atoms with Gasteiger partial charge in [-0.1, -0.05) is 33.6 Å². The lowest BCUT2D eigenvalue weighted by atomic mass is 10.2. The first-order valence-electron chi connectivity index (χ1n) is 4.91. The van der Waals surface area contributed by atoms with Crippen molar-refractivity contribution in [2.75, 3.05) is 20.3 Å². The molecule has 1 rings (SSSR count). The van der Waals surface area contributed by atoms with E-state index in [-0.39, 0.29) is 15.4 Å². The molecule has 1 amide bonds. The number of hydrogen-bond donors (Lipinski definition) is 1. The highest BCUT2D eigenvalue weighted by atomic mass is 79.9. The fourth-order valence-electron chi connectivity index (χ4n) is 1.25. The van der Waals surface area contributed by atoms with Crippen molar-refractivity contribution < 1.29 is 13.9 Å². The second-order valence-electron chi connectivity index (χ2n) is 3.36. The smallest absolute Gasteiger partial charge is 0.255 e. The van der Waals surface area contributed by atoms with Gasteiger partial charge >= 0.3 is 0 Å². The fraction of sp³-hybridized carbons (Fsp3) is 0.364. The third-order valence-electron chi connectivity index (χ3n) is 2.02. The van der Waals surface area contributed by atoms with E-state index in [1.54, 1.807) is 7.11 Å².